The number of benzene rings is 1. The summed E-state index contributed by atoms with van der Waals surface area (Å²) >= 11 is 0. The fraction of sp³-hybridized carbons (Fsp3) is 0.474. The molecule has 1 unspecified atom stereocenters. The SMILES string of the molecule is COc1cccc2c(N3CCC(CCS(C)(=N)=O)CC3)c(C#N)cnc12. The van der Waals surface area contributed by atoms with Crippen LogP contribution in [0.4, 0.5) is 5.69 Å². The maximum atomic E-state index is 11.6. The van der Waals surface area contributed by atoms with Crippen LogP contribution in [0.3, 0.4) is 0 Å². The van der Waals surface area contributed by atoms with E-state index in [4.69, 9.17) is 9.52 Å². The number of aromatic nitrogens is 1. The maximum absolute atomic E-state index is 11.6. The molecule has 1 atom stereocenters. The third-order valence-corrected chi connectivity index (χ3v) is 6.03. The van der Waals surface area contributed by atoms with Crippen LogP contribution >= 0.6 is 0 Å². The van der Waals surface area contributed by atoms with Crippen molar-refractivity contribution in [2.45, 2.75) is 19.3 Å². The molecule has 1 aromatic heterocycles. The molecule has 1 aromatic carbocycles. The second-order valence-corrected chi connectivity index (χ2v) is 9.34. The lowest BCUT2D eigenvalue weighted by molar-refractivity contribution is 0.396. The first-order valence-electron chi connectivity index (χ1n) is 8.75. The topological polar surface area (TPSA) is 90.1 Å². The number of methoxy groups -OCH3 is 1. The zero-order valence-electron chi connectivity index (χ0n) is 15.2. The zero-order chi connectivity index (χ0) is 18.7. The molecule has 0 aliphatic carbocycles. The number of hydrogen-bond donors (Lipinski definition) is 1. The minimum absolute atomic E-state index is 0.469. The molecule has 0 bridgehead atoms. The first-order valence-corrected chi connectivity index (χ1v) is 10.9. The van der Waals surface area contributed by atoms with Crippen molar-refractivity contribution in [2.24, 2.45) is 5.92 Å². The summed E-state index contributed by atoms with van der Waals surface area (Å²) in [6.45, 7) is 1.69. The summed E-state index contributed by atoms with van der Waals surface area (Å²) < 4.78 is 24.6. The fourth-order valence-electron chi connectivity index (χ4n) is 3.61. The van der Waals surface area contributed by atoms with Crippen LogP contribution in [0.1, 0.15) is 24.8 Å². The molecule has 1 fully saturated rings. The van der Waals surface area contributed by atoms with Crippen molar-refractivity contribution in [2.75, 3.05) is 37.1 Å². The molecule has 7 heteroatoms. The van der Waals surface area contributed by atoms with Gasteiger partial charge in [-0.25, -0.2) is 0 Å². The van der Waals surface area contributed by atoms with Gasteiger partial charge in [-0.2, -0.15) is 5.26 Å². The quantitative estimate of drug-likeness (QED) is 0.869. The summed E-state index contributed by atoms with van der Waals surface area (Å²) in [7, 11) is -0.792. The van der Waals surface area contributed by atoms with E-state index in [9.17, 15) is 9.47 Å². The summed E-state index contributed by atoms with van der Waals surface area (Å²) in [5.41, 5.74) is 2.27. The Balaban J connectivity index is 1.86. The van der Waals surface area contributed by atoms with Gasteiger partial charge in [0.2, 0.25) is 0 Å². The van der Waals surface area contributed by atoms with E-state index in [-0.39, 0.29) is 0 Å². The number of hydrogen-bond acceptors (Lipinski definition) is 6. The fourth-order valence-corrected chi connectivity index (χ4v) is 4.39. The monoisotopic (exact) mass is 372 g/mol. The Morgan fingerprint density at radius 1 is 1.42 bits per heavy atom. The molecule has 138 valence electrons. The lowest BCUT2D eigenvalue weighted by Crippen LogP contribution is -2.34. The minimum atomic E-state index is -2.42. The molecule has 2 heterocycles. The number of pyridine rings is 1. The van der Waals surface area contributed by atoms with E-state index in [0.29, 0.717) is 23.0 Å². The van der Waals surface area contributed by atoms with Crippen molar-refractivity contribution in [1.29, 1.82) is 10.0 Å². The number of rotatable bonds is 5. The summed E-state index contributed by atoms with van der Waals surface area (Å²) in [5, 5.41) is 10.5. The Labute approximate surface area is 154 Å². The second-order valence-electron chi connectivity index (χ2n) is 6.92. The summed E-state index contributed by atoms with van der Waals surface area (Å²) in [6.07, 6.45) is 5.93. The Morgan fingerprint density at radius 3 is 2.77 bits per heavy atom. The van der Waals surface area contributed by atoms with Crippen LogP contribution < -0.4 is 9.64 Å². The Kier molecular flexibility index (Phi) is 5.33. The van der Waals surface area contributed by atoms with Gasteiger partial charge in [0.1, 0.15) is 17.3 Å². The van der Waals surface area contributed by atoms with Gasteiger partial charge < -0.3 is 9.64 Å². The van der Waals surface area contributed by atoms with Crippen molar-refractivity contribution >= 4 is 26.3 Å². The number of piperidine rings is 1. The number of nitriles is 1. The maximum Gasteiger partial charge on any atom is 0.145 e. The van der Waals surface area contributed by atoms with Crippen LogP contribution in [0.25, 0.3) is 10.9 Å². The Hall–Kier alpha value is -2.33. The van der Waals surface area contributed by atoms with Gasteiger partial charge in [-0.05, 0) is 31.2 Å². The van der Waals surface area contributed by atoms with Crippen LogP contribution in [0.15, 0.2) is 24.4 Å². The molecule has 0 spiro atoms. The normalized spacial score (nSPS) is 17.7. The van der Waals surface area contributed by atoms with E-state index in [1.807, 2.05) is 18.2 Å². The van der Waals surface area contributed by atoms with E-state index in [1.54, 1.807) is 13.3 Å². The predicted molar refractivity (Wildman–Crippen MR) is 104 cm³/mol. The van der Waals surface area contributed by atoms with Crippen molar-refractivity contribution < 1.29 is 8.95 Å². The standard InChI is InChI=1S/C19H24N4O2S/c1-25-17-5-3-4-16-18(17)22-13-15(12-20)19(16)23-9-6-14(7-10-23)8-11-26(2,21)24/h3-5,13-14,21H,6-11H2,1-2H3. The summed E-state index contributed by atoms with van der Waals surface area (Å²) in [5.74, 6) is 1.66. The number of nitrogens with one attached hydrogen (secondary N) is 1. The number of fused-ring (bicyclic) bond motifs is 1. The van der Waals surface area contributed by atoms with E-state index in [0.717, 1.165) is 48.9 Å². The van der Waals surface area contributed by atoms with Gasteiger partial charge >= 0.3 is 0 Å². The van der Waals surface area contributed by atoms with E-state index >= 15 is 0 Å². The summed E-state index contributed by atoms with van der Waals surface area (Å²) in [6, 6.07) is 8.06. The van der Waals surface area contributed by atoms with Gasteiger partial charge in [-0.3, -0.25) is 14.0 Å². The largest absolute Gasteiger partial charge is 0.494 e. The van der Waals surface area contributed by atoms with Crippen molar-refractivity contribution in [3.05, 3.63) is 30.0 Å². The molecule has 1 aliphatic heterocycles. The summed E-state index contributed by atoms with van der Waals surface area (Å²) in [4.78, 5) is 6.68. The van der Waals surface area contributed by atoms with Crippen LogP contribution in [0, 0.1) is 22.0 Å². The van der Waals surface area contributed by atoms with Gasteiger partial charge in [0.25, 0.3) is 0 Å². The van der Waals surface area contributed by atoms with Crippen molar-refractivity contribution in [3.8, 4) is 11.8 Å². The van der Waals surface area contributed by atoms with Gasteiger partial charge in [0.05, 0.1) is 18.4 Å². The number of anilines is 1. The molecule has 0 radical (unpaired) electrons. The molecular formula is C19H24N4O2S. The van der Waals surface area contributed by atoms with Crippen molar-refractivity contribution in [1.82, 2.24) is 4.98 Å². The highest BCUT2D eigenvalue weighted by Crippen LogP contribution is 2.36. The first-order chi connectivity index (χ1) is 12.4. The lowest BCUT2D eigenvalue weighted by Gasteiger charge is -2.34. The van der Waals surface area contributed by atoms with E-state index < -0.39 is 9.73 Å². The molecule has 1 saturated heterocycles. The molecule has 3 rings (SSSR count). The average Bonchev–Trinajstić information content (AvgIpc) is 2.64. The van der Waals surface area contributed by atoms with Gasteiger partial charge in [-0.1, -0.05) is 12.1 Å². The van der Waals surface area contributed by atoms with Crippen molar-refractivity contribution in [3.63, 3.8) is 0 Å². The average molecular weight is 372 g/mol. The third kappa shape index (κ3) is 3.91. The molecule has 2 aromatic rings. The van der Waals surface area contributed by atoms with E-state index in [1.165, 1.54) is 6.26 Å². The third-order valence-electron chi connectivity index (χ3n) is 5.02. The molecule has 26 heavy (non-hydrogen) atoms. The first kappa shape index (κ1) is 18.5. The van der Waals surface area contributed by atoms with Crippen LogP contribution in [-0.2, 0) is 9.73 Å². The zero-order valence-corrected chi connectivity index (χ0v) is 16.0. The number of para-hydroxylation sites is 1. The molecule has 1 aliphatic rings. The number of ether oxygens (including phenoxy) is 1. The van der Waals surface area contributed by atoms with Gasteiger partial charge in [-0.15, -0.1) is 0 Å². The predicted octanol–water partition coefficient (Wildman–Crippen LogP) is 3.40. The lowest BCUT2D eigenvalue weighted by atomic mass is 9.93. The Bertz CT molecular complexity index is 942. The molecular weight excluding hydrogens is 348 g/mol. The highest BCUT2D eigenvalue weighted by Gasteiger charge is 2.24. The molecule has 0 saturated carbocycles. The van der Waals surface area contributed by atoms with Crippen LogP contribution in [0.5, 0.6) is 5.75 Å². The highest BCUT2D eigenvalue weighted by molar-refractivity contribution is 7.91. The van der Waals surface area contributed by atoms with Gasteiger partial charge in [0.15, 0.2) is 0 Å². The molecule has 0 amide bonds. The highest BCUT2D eigenvalue weighted by atomic mass is 32.2. The minimum Gasteiger partial charge on any atom is -0.494 e. The second kappa shape index (κ2) is 7.50. The number of nitrogens with zero attached hydrogens (tertiary/aromatic N) is 3. The van der Waals surface area contributed by atoms with Gasteiger partial charge in [0, 0.05) is 46.4 Å². The van der Waals surface area contributed by atoms with Crippen LogP contribution in [0.2, 0.25) is 0 Å². The molecule has 1 N–H and O–H groups in total. The van der Waals surface area contributed by atoms with Crippen LogP contribution in [-0.4, -0.2) is 41.4 Å². The van der Waals surface area contributed by atoms with E-state index in [2.05, 4.69) is 16.0 Å². The Morgan fingerprint density at radius 2 is 2.15 bits per heavy atom. The smallest absolute Gasteiger partial charge is 0.145 e. The molecule has 6 nitrogen and oxygen atoms in total.